The van der Waals surface area contributed by atoms with Gasteiger partial charge in [0.05, 0.1) is 18.2 Å². The quantitative estimate of drug-likeness (QED) is 0.590. The number of nitrogens with zero attached hydrogens (tertiary/aromatic N) is 5. The minimum Gasteiger partial charge on any atom is -0.242 e. The van der Waals surface area contributed by atoms with Crippen molar-refractivity contribution in [2.24, 2.45) is 5.92 Å². The Morgan fingerprint density at radius 2 is 1.37 bits per heavy atom. The third-order valence-corrected chi connectivity index (χ3v) is 3.29. The summed E-state index contributed by atoms with van der Waals surface area (Å²) < 4.78 is 0. The molecule has 0 aliphatic carbocycles. The van der Waals surface area contributed by atoms with Crippen LogP contribution in [-0.2, 0) is 0 Å². The van der Waals surface area contributed by atoms with Crippen molar-refractivity contribution in [2.45, 2.75) is 79.6 Å². The SMILES string of the molecule is CC.CC.CC(CC#N)c1cccc(C#N)n1.CC(CCC#N)CCC#N. The molecule has 1 rings (SSSR count). The first-order chi connectivity index (χ1) is 13.1. The Morgan fingerprint density at radius 3 is 1.78 bits per heavy atom. The summed E-state index contributed by atoms with van der Waals surface area (Å²) in [5, 5.41) is 33.5. The van der Waals surface area contributed by atoms with Gasteiger partial charge in [-0.1, -0.05) is 47.6 Å². The van der Waals surface area contributed by atoms with Crippen LogP contribution >= 0.6 is 0 Å². The van der Waals surface area contributed by atoms with Crippen LogP contribution in [0, 0.1) is 51.2 Å². The van der Waals surface area contributed by atoms with E-state index < -0.39 is 0 Å². The molecule has 0 aliphatic rings. The van der Waals surface area contributed by atoms with Gasteiger partial charge in [0, 0.05) is 30.9 Å². The van der Waals surface area contributed by atoms with E-state index in [0.717, 1.165) is 18.5 Å². The first kappa shape index (κ1) is 28.9. The van der Waals surface area contributed by atoms with Crippen molar-refractivity contribution < 1.29 is 0 Å². The van der Waals surface area contributed by atoms with Crippen molar-refractivity contribution in [1.82, 2.24) is 4.98 Å². The fourth-order valence-electron chi connectivity index (χ4n) is 1.80. The minimum absolute atomic E-state index is 0.0956. The van der Waals surface area contributed by atoms with Gasteiger partial charge in [-0.15, -0.1) is 0 Å². The molecule has 0 amide bonds. The second-order valence-electron chi connectivity index (χ2n) is 5.32. The smallest absolute Gasteiger partial charge is 0.140 e. The molecule has 0 fully saturated rings. The summed E-state index contributed by atoms with van der Waals surface area (Å²) in [6, 6.07) is 13.5. The zero-order valence-electron chi connectivity index (χ0n) is 17.7. The van der Waals surface area contributed by atoms with Crippen molar-refractivity contribution in [3.05, 3.63) is 29.6 Å². The maximum atomic E-state index is 8.60. The standard InChI is InChI=1S/C10H9N3.C8H12N2.2C2H6/c1-8(5-6-11)10-4-2-3-9(7-12)13-10;1-8(4-2-6-9)5-3-7-10;2*1-2/h2-4,8H,5H2,1H3;8H,2-5H2,1H3;2*1-2H3. The van der Waals surface area contributed by atoms with E-state index in [1.54, 1.807) is 12.1 Å². The highest BCUT2D eigenvalue weighted by molar-refractivity contribution is 5.23. The maximum Gasteiger partial charge on any atom is 0.140 e. The van der Waals surface area contributed by atoms with E-state index in [1.165, 1.54) is 0 Å². The van der Waals surface area contributed by atoms with Crippen LogP contribution in [0.2, 0.25) is 0 Å². The summed E-state index contributed by atoms with van der Waals surface area (Å²) in [5.41, 5.74) is 1.21. The Kier molecular flexibility index (Phi) is 24.7. The maximum absolute atomic E-state index is 8.60. The molecule has 27 heavy (non-hydrogen) atoms. The first-order valence-electron chi connectivity index (χ1n) is 9.56. The van der Waals surface area contributed by atoms with Crippen LogP contribution in [0.15, 0.2) is 18.2 Å². The van der Waals surface area contributed by atoms with E-state index in [4.69, 9.17) is 21.0 Å². The Bertz CT molecular complexity index is 608. The summed E-state index contributed by atoms with van der Waals surface area (Å²) in [4.78, 5) is 4.10. The van der Waals surface area contributed by atoms with Crippen LogP contribution in [0.1, 0.15) is 91.0 Å². The first-order valence-corrected chi connectivity index (χ1v) is 9.56. The topological polar surface area (TPSA) is 108 Å². The van der Waals surface area contributed by atoms with Gasteiger partial charge in [-0.3, -0.25) is 0 Å². The Balaban J connectivity index is -0.000000369. The van der Waals surface area contributed by atoms with Crippen molar-refractivity contribution >= 4 is 0 Å². The highest BCUT2D eigenvalue weighted by atomic mass is 14.7. The molecule has 0 aliphatic heterocycles. The lowest BCUT2D eigenvalue weighted by Gasteiger charge is -2.05. The number of pyridine rings is 1. The monoisotopic (exact) mass is 367 g/mol. The molecule has 0 saturated heterocycles. The van der Waals surface area contributed by atoms with Crippen molar-refractivity contribution in [2.75, 3.05) is 0 Å². The van der Waals surface area contributed by atoms with E-state index in [2.05, 4.69) is 30.1 Å². The van der Waals surface area contributed by atoms with Gasteiger partial charge >= 0.3 is 0 Å². The summed E-state index contributed by atoms with van der Waals surface area (Å²) >= 11 is 0. The van der Waals surface area contributed by atoms with Gasteiger partial charge in [-0.2, -0.15) is 21.0 Å². The molecule has 1 aromatic rings. The summed E-state index contributed by atoms with van der Waals surface area (Å²) in [6.45, 7) is 12.0. The van der Waals surface area contributed by atoms with Crippen LogP contribution in [0.3, 0.4) is 0 Å². The van der Waals surface area contributed by atoms with Crippen LogP contribution in [0.25, 0.3) is 0 Å². The minimum atomic E-state index is 0.0956. The average molecular weight is 368 g/mol. The number of rotatable bonds is 6. The highest BCUT2D eigenvalue weighted by Gasteiger charge is 2.06. The third-order valence-electron chi connectivity index (χ3n) is 3.29. The normalized spacial score (nSPS) is 9.15. The van der Waals surface area contributed by atoms with Crippen molar-refractivity contribution in [3.63, 3.8) is 0 Å². The molecule has 1 atom stereocenters. The van der Waals surface area contributed by atoms with Crippen LogP contribution < -0.4 is 0 Å². The highest BCUT2D eigenvalue weighted by Crippen LogP contribution is 2.15. The molecule has 5 heteroatoms. The predicted molar refractivity (Wildman–Crippen MR) is 109 cm³/mol. The number of nitriles is 4. The van der Waals surface area contributed by atoms with Crippen molar-refractivity contribution in [3.8, 4) is 24.3 Å². The van der Waals surface area contributed by atoms with Gasteiger partial charge in [0.1, 0.15) is 11.8 Å². The lowest BCUT2D eigenvalue weighted by Crippen LogP contribution is -1.97. The van der Waals surface area contributed by atoms with Gasteiger partial charge in [0.15, 0.2) is 0 Å². The lowest BCUT2D eigenvalue weighted by atomic mass is 10.0. The van der Waals surface area contributed by atoms with E-state index in [1.807, 2.05) is 46.8 Å². The molecule has 1 aromatic heterocycles. The largest absolute Gasteiger partial charge is 0.242 e. The van der Waals surface area contributed by atoms with Crippen LogP contribution in [-0.4, -0.2) is 4.98 Å². The molecule has 0 N–H and O–H groups in total. The number of aromatic nitrogens is 1. The summed E-state index contributed by atoms with van der Waals surface area (Å²) in [6.07, 6.45) is 3.53. The van der Waals surface area contributed by atoms with E-state index in [-0.39, 0.29) is 5.92 Å². The number of hydrogen-bond donors (Lipinski definition) is 0. The second-order valence-corrected chi connectivity index (χ2v) is 5.32. The molecule has 146 valence electrons. The van der Waals surface area contributed by atoms with E-state index in [9.17, 15) is 0 Å². The molecule has 0 bridgehead atoms. The third kappa shape index (κ3) is 17.7. The van der Waals surface area contributed by atoms with Crippen LogP contribution in [0.5, 0.6) is 0 Å². The zero-order valence-corrected chi connectivity index (χ0v) is 17.7. The fraction of sp³-hybridized carbons (Fsp3) is 0.591. The molecule has 1 heterocycles. The van der Waals surface area contributed by atoms with Gasteiger partial charge in [0.25, 0.3) is 0 Å². The average Bonchev–Trinajstić information content (AvgIpc) is 2.74. The van der Waals surface area contributed by atoms with E-state index >= 15 is 0 Å². The second kappa shape index (κ2) is 23.1. The summed E-state index contributed by atoms with van der Waals surface area (Å²) in [5.74, 6) is 0.623. The Labute approximate surface area is 165 Å². The molecule has 5 nitrogen and oxygen atoms in total. The fourth-order valence-corrected chi connectivity index (χ4v) is 1.80. The molecule has 1 unspecified atom stereocenters. The zero-order chi connectivity index (χ0) is 21.5. The van der Waals surface area contributed by atoms with Gasteiger partial charge < -0.3 is 0 Å². The van der Waals surface area contributed by atoms with Gasteiger partial charge in [0.2, 0.25) is 0 Å². The molecular formula is C22H33N5. The molecule has 0 radical (unpaired) electrons. The van der Waals surface area contributed by atoms with Gasteiger partial charge in [-0.25, -0.2) is 4.98 Å². The molecule has 0 aromatic carbocycles. The molecule has 0 saturated carbocycles. The van der Waals surface area contributed by atoms with Crippen molar-refractivity contribution in [1.29, 1.82) is 21.0 Å². The Hall–Kier alpha value is -2.89. The molecule has 0 spiro atoms. The molecular weight excluding hydrogens is 334 g/mol. The van der Waals surface area contributed by atoms with Crippen LogP contribution in [0.4, 0.5) is 0 Å². The Morgan fingerprint density at radius 1 is 0.852 bits per heavy atom. The number of hydrogen-bond acceptors (Lipinski definition) is 5. The van der Waals surface area contributed by atoms with E-state index in [0.29, 0.717) is 30.9 Å². The summed E-state index contributed by atoms with van der Waals surface area (Å²) in [7, 11) is 0. The van der Waals surface area contributed by atoms with Gasteiger partial charge in [-0.05, 0) is 30.9 Å². The predicted octanol–water partition coefficient (Wildman–Crippen LogP) is 6.25. The lowest BCUT2D eigenvalue weighted by molar-refractivity contribution is 0.506.